The zero-order valence-electron chi connectivity index (χ0n) is 10.9. The van der Waals surface area contributed by atoms with Gasteiger partial charge < -0.3 is 4.42 Å². The number of hydrogen-bond acceptors (Lipinski definition) is 3. The number of hydrogen-bond donors (Lipinski definition) is 1. The summed E-state index contributed by atoms with van der Waals surface area (Å²) in [6.07, 6.45) is 0. The Kier molecular flexibility index (Phi) is 3.48. The fraction of sp³-hybridized carbons (Fsp3) is 0.0667. The number of rotatable bonds is 4. The molecule has 0 amide bonds. The molecule has 1 heterocycles. The molecule has 1 N–H and O–H groups in total. The quantitative estimate of drug-likeness (QED) is 0.806. The van der Waals surface area contributed by atoms with Gasteiger partial charge in [0.2, 0.25) is 10.0 Å². The first-order valence-corrected chi connectivity index (χ1v) is 7.76. The molecule has 0 bridgehead atoms. The largest absolute Gasteiger partial charge is 0.460 e. The lowest BCUT2D eigenvalue weighted by atomic mass is 10.2. The second-order valence-electron chi connectivity index (χ2n) is 4.53. The van der Waals surface area contributed by atoms with Crippen molar-refractivity contribution in [1.29, 1.82) is 0 Å². The molecule has 0 aliphatic rings. The Bertz CT molecular complexity index is 836. The maximum atomic E-state index is 12.8. The second kappa shape index (κ2) is 5.31. The van der Waals surface area contributed by atoms with Crippen molar-refractivity contribution in [2.75, 3.05) is 0 Å². The van der Waals surface area contributed by atoms with E-state index in [1.807, 2.05) is 24.3 Å². The van der Waals surface area contributed by atoms with Gasteiger partial charge in [-0.15, -0.1) is 0 Å². The van der Waals surface area contributed by atoms with Crippen LogP contribution in [0.25, 0.3) is 11.0 Å². The van der Waals surface area contributed by atoms with Gasteiger partial charge >= 0.3 is 0 Å². The van der Waals surface area contributed by atoms with Crippen LogP contribution in [0.3, 0.4) is 0 Å². The minimum absolute atomic E-state index is 0.0139. The number of benzene rings is 2. The van der Waals surface area contributed by atoms with Gasteiger partial charge in [0.25, 0.3) is 0 Å². The van der Waals surface area contributed by atoms with E-state index in [4.69, 9.17) is 4.42 Å². The Morgan fingerprint density at radius 1 is 1.05 bits per heavy atom. The first-order chi connectivity index (χ1) is 10.0. The molecule has 0 saturated heterocycles. The molecular weight excluding hydrogens is 293 g/mol. The summed E-state index contributed by atoms with van der Waals surface area (Å²) >= 11 is 0. The van der Waals surface area contributed by atoms with E-state index in [-0.39, 0.29) is 11.4 Å². The average molecular weight is 305 g/mol. The first-order valence-electron chi connectivity index (χ1n) is 6.27. The van der Waals surface area contributed by atoms with E-state index in [9.17, 15) is 12.8 Å². The van der Waals surface area contributed by atoms with Crippen molar-refractivity contribution in [2.45, 2.75) is 11.4 Å². The number of sulfonamides is 1. The molecule has 4 nitrogen and oxygen atoms in total. The molecule has 108 valence electrons. The van der Waals surface area contributed by atoms with Crippen LogP contribution in [0.5, 0.6) is 0 Å². The van der Waals surface area contributed by atoms with Crippen LogP contribution in [-0.4, -0.2) is 8.42 Å². The molecule has 0 saturated carbocycles. The summed E-state index contributed by atoms with van der Waals surface area (Å²) in [7, 11) is -3.69. The van der Waals surface area contributed by atoms with E-state index in [0.717, 1.165) is 17.5 Å². The Morgan fingerprint density at radius 3 is 2.48 bits per heavy atom. The van der Waals surface area contributed by atoms with Crippen LogP contribution < -0.4 is 4.72 Å². The van der Waals surface area contributed by atoms with Crippen LogP contribution in [0.4, 0.5) is 4.39 Å². The van der Waals surface area contributed by atoms with Crippen LogP contribution in [0.2, 0.25) is 0 Å². The predicted molar refractivity (Wildman–Crippen MR) is 76.6 cm³/mol. The SMILES string of the molecule is O=S(=O)(NCc1cc2ccccc2o1)c1ccc(F)cc1. The molecular formula is C15H12FNO3S. The molecule has 0 fully saturated rings. The molecule has 6 heteroatoms. The molecule has 0 spiro atoms. The van der Waals surface area contributed by atoms with Crippen molar-refractivity contribution in [3.63, 3.8) is 0 Å². The van der Waals surface area contributed by atoms with Crippen LogP contribution in [-0.2, 0) is 16.6 Å². The topological polar surface area (TPSA) is 59.3 Å². The van der Waals surface area contributed by atoms with Crippen molar-refractivity contribution in [3.05, 3.63) is 66.2 Å². The zero-order chi connectivity index (χ0) is 14.9. The zero-order valence-corrected chi connectivity index (χ0v) is 11.7. The predicted octanol–water partition coefficient (Wildman–Crippen LogP) is 3.05. The lowest BCUT2D eigenvalue weighted by Crippen LogP contribution is -2.22. The molecule has 0 atom stereocenters. The maximum Gasteiger partial charge on any atom is 0.240 e. The lowest BCUT2D eigenvalue weighted by molar-refractivity contribution is 0.529. The molecule has 3 rings (SSSR count). The highest BCUT2D eigenvalue weighted by molar-refractivity contribution is 7.89. The highest BCUT2D eigenvalue weighted by Crippen LogP contribution is 2.19. The van der Waals surface area contributed by atoms with Crippen LogP contribution in [0, 0.1) is 5.82 Å². The van der Waals surface area contributed by atoms with E-state index in [2.05, 4.69) is 4.72 Å². The minimum atomic E-state index is -3.69. The molecule has 1 aromatic heterocycles. The molecule has 2 aromatic carbocycles. The maximum absolute atomic E-state index is 12.8. The first kappa shape index (κ1) is 13.8. The highest BCUT2D eigenvalue weighted by atomic mass is 32.2. The summed E-state index contributed by atoms with van der Waals surface area (Å²) in [5.41, 5.74) is 0.702. The molecule has 0 aliphatic carbocycles. The van der Waals surface area contributed by atoms with E-state index in [0.29, 0.717) is 11.3 Å². The van der Waals surface area contributed by atoms with Gasteiger partial charge in [0.1, 0.15) is 17.2 Å². The van der Waals surface area contributed by atoms with Crippen molar-refractivity contribution in [3.8, 4) is 0 Å². The van der Waals surface area contributed by atoms with Gasteiger partial charge in [0, 0.05) is 5.39 Å². The Labute approximate surface area is 121 Å². The normalized spacial score (nSPS) is 11.9. The van der Waals surface area contributed by atoms with E-state index in [1.54, 1.807) is 6.07 Å². The minimum Gasteiger partial charge on any atom is -0.460 e. The highest BCUT2D eigenvalue weighted by Gasteiger charge is 2.14. The van der Waals surface area contributed by atoms with Crippen LogP contribution in [0.15, 0.2) is 63.9 Å². The summed E-state index contributed by atoms with van der Waals surface area (Å²) in [5, 5.41) is 0.911. The molecule has 0 radical (unpaired) electrons. The average Bonchev–Trinajstić information content (AvgIpc) is 2.89. The number of nitrogens with one attached hydrogen (secondary N) is 1. The fourth-order valence-electron chi connectivity index (χ4n) is 1.99. The van der Waals surface area contributed by atoms with E-state index in [1.165, 1.54) is 12.1 Å². The Morgan fingerprint density at radius 2 is 1.76 bits per heavy atom. The van der Waals surface area contributed by atoms with Gasteiger partial charge in [0.15, 0.2) is 0 Å². The smallest absolute Gasteiger partial charge is 0.240 e. The molecule has 21 heavy (non-hydrogen) atoms. The number of halogens is 1. The van der Waals surface area contributed by atoms with Gasteiger partial charge in [-0.25, -0.2) is 17.5 Å². The Hall–Kier alpha value is -2.18. The third-order valence-electron chi connectivity index (χ3n) is 3.04. The van der Waals surface area contributed by atoms with Gasteiger partial charge in [-0.1, -0.05) is 18.2 Å². The van der Waals surface area contributed by atoms with Crippen LogP contribution in [0.1, 0.15) is 5.76 Å². The van der Waals surface area contributed by atoms with Crippen LogP contribution >= 0.6 is 0 Å². The van der Waals surface area contributed by atoms with Crippen molar-refractivity contribution in [2.24, 2.45) is 0 Å². The fourth-order valence-corrected chi connectivity index (χ4v) is 2.98. The third kappa shape index (κ3) is 2.96. The van der Waals surface area contributed by atoms with Gasteiger partial charge in [0.05, 0.1) is 11.4 Å². The number of furan rings is 1. The Balaban J connectivity index is 1.78. The van der Waals surface area contributed by atoms with Gasteiger partial charge in [-0.3, -0.25) is 0 Å². The molecule has 0 unspecified atom stereocenters. The monoisotopic (exact) mass is 305 g/mol. The number of fused-ring (bicyclic) bond motifs is 1. The van der Waals surface area contributed by atoms with Gasteiger partial charge in [-0.2, -0.15) is 0 Å². The van der Waals surface area contributed by atoms with E-state index >= 15 is 0 Å². The third-order valence-corrected chi connectivity index (χ3v) is 4.45. The molecule has 0 aliphatic heterocycles. The summed E-state index contributed by atoms with van der Waals surface area (Å²) in [5.74, 6) is 0.0353. The van der Waals surface area contributed by atoms with Crippen molar-refractivity contribution >= 4 is 21.0 Å². The van der Waals surface area contributed by atoms with Crippen molar-refractivity contribution < 1.29 is 17.2 Å². The van der Waals surface area contributed by atoms with Gasteiger partial charge in [-0.05, 0) is 36.4 Å². The molecule has 3 aromatic rings. The number of para-hydroxylation sites is 1. The second-order valence-corrected chi connectivity index (χ2v) is 6.30. The summed E-state index contributed by atoms with van der Waals surface area (Å²) in [6.45, 7) is 0.0361. The standard InChI is InChI=1S/C15H12FNO3S/c16-12-5-7-14(8-6-12)21(18,19)17-10-13-9-11-3-1-2-4-15(11)20-13/h1-9,17H,10H2. The lowest BCUT2D eigenvalue weighted by Gasteiger charge is -2.04. The summed E-state index contributed by atoms with van der Waals surface area (Å²) in [4.78, 5) is 0.0139. The van der Waals surface area contributed by atoms with Crippen molar-refractivity contribution in [1.82, 2.24) is 4.72 Å². The summed E-state index contributed by atoms with van der Waals surface area (Å²) in [6, 6.07) is 13.9. The van der Waals surface area contributed by atoms with E-state index < -0.39 is 15.8 Å². The summed E-state index contributed by atoms with van der Waals surface area (Å²) < 4.78 is 44.9.